The van der Waals surface area contributed by atoms with Gasteiger partial charge in [-0.2, -0.15) is 0 Å². The zero-order chi connectivity index (χ0) is 13.3. The third-order valence-electron chi connectivity index (χ3n) is 3.12. The molecule has 4 nitrogen and oxygen atoms in total. The van der Waals surface area contributed by atoms with Crippen LogP contribution in [-0.2, 0) is 4.79 Å². The van der Waals surface area contributed by atoms with Crippen LogP contribution in [0.25, 0.3) is 0 Å². The van der Waals surface area contributed by atoms with E-state index in [2.05, 4.69) is 26.1 Å². The summed E-state index contributed by atoms with van der Waals surface area (Å²) < 4.78 is 0. The van der Waals surface area contributed by atoms with Crippen LogP contribution in [0.4, 0.5) is 0 Å². The van der Waals surface area contributed by atoms with Gasteiger partial charge in [0.1, 0.15) is 0 Å². The van der Waals surface area contributed by atoms with Crippen molar-refractivity contribution >= 4 is 5.91 Å². The van der Waals surface area contributed by atoms with Gasteiger partial charge in [0.2, 0.25) is 5.91 Å². The molecule has 0 saturated carbocycles. The van der Waals surface area contributed by atoms with Crippen molar-refractivity contribution < 1.29 is 9.90 Å². The van der Waals surface area contributed by atoms with Gasteiger partial charge in [0, 0.05) is 19.6 Å². The minimum atomic E-state index is 0.0738. The lowest BCUT2D eigenvalue weighted by molar-refractivity contribution is -0.121. The van der Waals surface area contributed by atoms with E-state index in [1.54, 1.807) is 0 Å². The minimum absolute atomic E-state index is 0.0738. The Morgan fingerprint density at radius 1 is 1.35 bits per heavy atom. The van der Waals surface area contributed by atoms with E-state index in [1.165, 1.54) is 0 Å². The van der Waals surface area contributed by atoms with Crippen molar-refractivity contribution in [3.63, 3.8) is 0 Å². The molecule has 1 atom stereocenters. The van der Waals surface area contributed by atoms with Crippen LogP contribution in [0.1, 0.15) is 46.5 Å². The highest BCUT2D eigenvalue weighted by Crippen LogP contribution is 2.31. The number of hydrogen-bond acceptors (Lipinski definition) is 3. The van der Waals surface area contributed by atoms with E-state index in [0.717, 1.165) is 12.8 Å². The predicted octanol–water partition coefficient (Wildman–Crippen LogP) is 1.28. The zero-order valence-corrected chi connectivity index (χ0v) is 11.5. The maximum Gasteiger partial charge on any atom is 0.220 e. The summed E-state index contributed by atoms with van der Waals surface area (Å²) >= 11 is 0. The summed E-state index contributed by atoms with van der Waals surface area (Å²) in [5.41, 5.74) is 5.80. The molecular weight excluding hydrogens is 216 g/mol. The Labute approximate surface area is 105 Å². The number of rotatable bonds is 8. The molecule has 0 fully saturated rings. The summed E-state index contributed by atoms with van der Waals surface area (Å²) in [6.07, 6.45) is 3.02. The van der Waals surface area contributed by atoms with E-state index in [0.29, 0.717) is 31.8 Å². The first-order chi connectivity index (χ1) is 7.91. The van der Waals surface area contributed by atoms with E-state index >= 15 is 0 Å². The van der Waals surface area contributed by atoms with Crippen LogP contribution in [0.3, 0.4) is 0 Å². The molecule has 0 aromatic heterocycles. The molecular formula is C13H28N2O2. The van der Waals surface area contributed by atoms with Crippen molar-refractivity contribution in [3.8, 4) is 0 Å². The molecule has 4 heteroatoms. The molecule has 0 heterocycles. The molecule has 102 valence electrons. The Hall–Kier alpha value is -0.610. The van der Waals surface area contributed by atoms with Crippen LogP contribution < -0.4 is 11.1 Å². The van der Waals surface area contributed by atoms with Crippen LogP contribution in [0, 0.1) is 11.3 Å². The molecule has 0 radical (unpaired) electrons. The Morgan fingerprint density at radius 2 is 2.00 bits per heavy atom. The van der Waals surface area contributed by atoms with Gasteiger partial charge in [-0.25, -0.2) is 0 Å². The quantitative estimate of drug-likeness (QED) is 0.563. The molecule has 0 bridgehead atoms. The van der Waals surface area contributed by atoms with E-state index in [4.69, 9.17) is 10.8 Å². The molecule has 0 spiro atoms. The second kappa shape index (κ2) is 8.48. The van der Waals surface area contributed by atoms with Gasteiger partial charge in [0.25, 0.3) is 0 Å². The number of amides is 1. The third kappa shape index (κ3) is 8.16. The van der Waals surface area contributed by atoms with Crippen molar-refractivity contribution in [2.45, 2.75) is 46.5 Å². The van der Waals surface area contributed by atoms with Gasteiger partial charge < -0.3 is 16.2 Å². The van der Waals surface area contributed by atoms with Gasteiger partial charge in [0.05, 0.1) is 0 Å². The highest BCUT2D eigenvalue weighted by molar-refractivity contribution is 5.75. The summed E-state index contributed by atoms with van der Waals surface area (Å²) in [5, 5.41) is 11.4. The first kappa shape index (κ1) is 16.4. The first-order valence-electron chi connectivity index (χ1n) is 6.49. The van der Waals surface area contributed by atoms with Crippen molar-refractivity contribution in [1.29, 1.82) is 0 Å². The second-order valence-electron chi connectivity index (χ2n) is 5.61. The van der Waals surface area contributed by atoms with Crippen LogP contribution in [0.15, 0.2) is 0 Å². The number of hydrogen-bond donors (Lipinski definition) is 3. The molecule has 17 heavy (non-hydrogen) atoms. The molecule has 1 unspecified atom stereocenters. The summed E-state index contributed by atoms with van der Waals surface area (Å²) in [5.74, 6) is 0.556. The Kier molecular flexibility index (Phi) is 8.17. The van der Waals surface area contributed by atoms with Crippen molar-refractivity contribution in [3.05, 3.63) is 0 Å². The SMILES string of the molecule is CC(C)(C)C(CCN)CCC(=O)NCCCO. The Morgan fingerprint density at radius 3 is 2.47 bits per heavy atom. The van der Waals surface area contributed by atoms with Crippen molar-refractivity contribution in [2.24, 2.45) is 17.1 Å². The standard InChI is InChI=1S/C13H28N2O2/c1-13(2,3)11(7-8-14)5-6-12(17)15-9-4-10-16/h11,16H,4-10,14H2,1-3H3,(H,15,17). The van der Waals surface area contributed by atoms with E-state index in [9.17, 15) is 4.79 Å². The van der Waals surface area contributed by atoms with E-state index in [-0.39, 0.29) is 17.9 Å². The summed E-state index contributed by atoms with van der Waals surface area (Å²) in [6, 6.07) is 0. The molecule has 0 aliphatic carbocycles. The lowest BCUT2D eigenvalue weighted by atomic mass is 9.76. The summed E-state index contributed by atoms with van der Waals surface area (Å²) in [4.78, 5) is 11.5. The fraction of sp³-hybridized carbons (Fsp3) is 0.923. The fourth-order valence-corrected chi connectivity index (χ4v) is 1.91. The molecule has 0 aliphatic rings. The Bertz CT molecular complexity index is 212. The largest absolute Gasteiger partial charge is 0.396 e. The van der Waals surface area contributed by atoms with Gasteiger partial charge in [-0.05, 0) is 37.1 Å². The number of nitrogens with one attached hydrogen (secondary N) is 1. The molecule has 0 aliphatic heterocycles. The topological polar surface area (TPSA) is 75.4 Å². The number of carbonyl (C=O) groups excluding carboxylic acids is 1. The molecule has 1 amide bonds. The molecule has 0 aromatic carbocycles. The minimum Gasteiger partial charge on any atom is -0.396 e. The normalized spacial score (nSPS) is 13.5. The van der Waals surface area contributed by atoms with Crippen LogP contribution in [0.2, 0.25) is 0 Å². The predicted molar refractivity (Wildman–Crippen MR) is 70.6 cm³/mol. The molecule has 4 N–H and O–H groups in total. The Balaban J connectivity index is 3.92. The monoisotopic (exact) mass is 244 g/mol. The fourth-order valence-electron chi connectivity index (χ4n) is 1.91. The molecule has 0 aromatic rings. The van der Waals surface area contributed by atoms with Gasteiger partial charge in [0.15, 0.2) is 0 Å². The number of aliphatic hydroxyl groups is 1. The van der Waals surface area contributed by atoms with Crippen LogP contribution >= 0.6 is 0 Å². The summed E-state index contributed by atoms with van der Waals surface area (Å²) in [6.45, 7) is 7.93. The van der Waals surface area contributed by atoms with E-state index in [1.807, 2.05) is 0 Å². The zero-order valence-electron chi connectivity index (χ0n) is 11.5. The number of nitrogens with two attached hydrogens (primary N) is 1. The van der Waals surface area contributed by atoms with Gasteiger partial charge in [-0.3, -0.25) is 4.79 Å². The maximum absolute atomic E-state index is 11.5. The van der Waals surface area contributed by atoms with Gasteiger partial charge in [-0.15, -0.1) is 0 Å². The van der Waals surface area contributed by atoms with Crippen molar-refractivity contribution in [2.75, 3.05) is 19.7 Å². The first-order valence-corrected chi connectivity index (χ1v) is 6.49. The lowest BCUT2D eigenvalue weighted by Gasteiger charge is -2.30. The van der Waals surface area contributed by atoms with Crippen LogP contribution in [0.5, 0.6) is 0 Å². The maximum atomic E-state index is 11.5. The van der Waals surface area contributed by atoms with Crippen LogP contribution in [-0.4, -0.2) is 30.7 Å². The van der Waals surface area contributed by atoms with E-state index < -0.39 is 0 Å². The molecule has 0 rings (SSSR count). The third-order valence-corrected chi connectivity index (χ3v) is 3.12. The van der Waals surface area contributed by atoms with Gasteiger partial charge in [-0.1, -0.05) is 20.8 Å². The smallest absolute Gasteiger partial charge is 0.220 e. The summed E-state index contributed by atoms with van der Waals surface area (Å²) in [7, 11) is 0. The molecule has 0 saturated heterocycles. The lowest BCUT2D eigenvalue weighted by Crippen LogP contribution is -2.28. The second-order valence-corrected chi connectivity index (χ2v) is 5.61. The number of aliphatic hydroxyl groups excluding tert-OH is 1. The van der Waals surface area contributed by atoms with Gasteiger partial charge >= 0.3 is 0 Å². The average Bonchev–Trinajstić information content (AvgIpc) is 2.23. The average molecular weight is 244 g/mol. The highest BCUT2D eigenvalue weighted by atomic mass is 16.3. The highest BCUT2D eigenvalue weighted by Gasteiger charge is 2.24. The number of carbonyl (C=O) groups is 1. The van der Waals surface area contributed by atoms with Crippen molar-refractivity contribution in [1.82, 2.24) is 5.32 Å².